The molecule has 0 fully saturated rings. The Labute approximate surface area is 121 Å². The number of amides is 1. The summed E-state index contributed by atoms with van der Waals surface area (Å²) in [5, 5.41) is 25.8. The maximum Gasteiger partial charge on any atom is 0.326 e. The van der Waals surface area contributed by atoms with E-state index in [1.165, 1.54) is 10.9 Å². The van der Waals surface area contributed by atoms with Crippen molar-refractivity contribution in [3.8, 4) is 0 Å². The van der Waals surface area contributed by atoms with Crippen molar-refractivity contribution in [2.45, 2.75) is 39.3 Å². The molecule has 21 heavy (non-hydrogen) atoms. The van der Waals surface area contributed by atoms with Gasteiger partial charge in [0.1, 0.15) is 18.4 Å². The zero-order valence-electron chi connectivity index (χ0n) is 11.9. The van der Waals surface area contributed by atoms with Crippen molar-refractivity contribution in [3.05, 3.63) is 22.5 Å². The van der Waals surface area contributed by atoms with Crippen LogP contribution in [0.25, 0.3) is 0 Å². The number of carbonyl (C=O) groups excluding carboxylic acids is 1. The standard InChI is InChI=1S/C12H18N4O5/c1-3-8(2)11(12(18)19)14-10(17)4-5-15-7-9(6-13-15)16(20)21/h6-8,11H,3-5H2,1-2H3,(H,14,17)(H,18,19). The summed E-state index contributed by atoms with van der Waals surface area (Å²) in [5.74, 6) is -1.69. The predicted octanol–water partition coefficient (Wildman–Crippen LogP) is 0.797. The second-order valence-corrected chi connectivity index (χ2v) is 4.74. The number of rotatable bonds is 8. The average molecular weight is 298 g/mol. The molecule has 2 atom stereocenters. The minimum Gasteiger partial charge on any atom is -0.480 e. The molecule has 0 aliphatic heterocycles. The Morgan fingerprint density at radius 3 is 2.71 bits per heavy atom. The van der Waals surface area contributed by atoms with Crippen molar-refractivity contribution in [1.29, 1.82) is 0 Å². The molecule has 0 saturated heterocycles. The van der Waals surface area contributed by atoms with Crippen LogP contribution in [0.1, 0.15) is 26.7 Å². The highest BCUT2D eigenvalue weighted by atomic mass is 16.6. The van der Waals surface area contributed by atoms with Gasteiger partial charge in [-0.2, -0.15) is 5.10 Å². The SMILES string of the molecule is CCC(C)C(NC(=O)CCn1cc([N+](=O)[O-])cn1)C(=O)O. The molecule has 0 saturated carbocycles. The van der Waals surface area contributed by atoms with Crippen molar-refractivity contribution >= 4 is 17.6 Å². The van der Waals surface area contributed by atoms with E-state index < -0.39 is 22.8 Å². The van der Waals surface area contributed by atoms with Crippen molar-refractivity contribution in [2.75, 3.05) is 0 Å². The molecular weight excluding hydrogens is 280 g/mol. The molecule has 1 aromatic rings. The van der Waals surface area contributed by atoms with Gasteiger partial charge in [0.25, 0.3) is 0 Å². The third-order valence-corrected chi connectivity index (χ3v) is 3.19. The molecule has 0 bridgehead atoms. The van der Waals surface area contributed by atoms with E-state index >= 15 is 0 Å². The number of nitrogens with one attached hydrogen (secondary N) is 1. The molecule has 0 spiro atoms. The van der Waals surface area contributed by atoms with E-state index in [1.54, 1.807) is 6.92 Å². The van der Waals surface area contributed by atoms with Gasteiger partial charge < -0.3 is 10.4 Å². The number of nitro groups is 1. The van der Waals surface area contributed by atoms with Crippen LogP contribution in [0.15, 0.2) is 12.4 Å². The highest BCUT2D eigenvalue weighted by molar-refractivity contribution is 5.83. The number of hydrogen-bond acceptors (Lipinski definition) is 5. The number of aryl methyl sites for hydroxylation is 1. The van der Waals surface area contributed by atoms with Crippen molar-refractivity contribution in [1.82, 2.24) is 15.1 Å². The third kappa shape index (κ3) is 4.86. The molecule has 0 aliphatic carbocycles. The Balaban J connectivity index is 2.52. The number of nitrogens with zero attached hydrogens (tertiary/aromatic N) is 3. The van der Waals surface area contributed by atoms with E-state index in [9.17, 15) is 19.7 Å². The highest BCUT2D eigenvalue weighted by Crippen LogP contribution is 2.09. The van der Waals surface area contributed by atoms with Gasteiger partial charge in [-0.25, -0.2) is 4.79 Å². The van der Waals surface area contributed by atoms with Crippen LogP contribution in [0.4, 0.5) is 5.69 Å². The van der Waals surface area contributed by atoms with Crippen LogP contribution >= 0.6 is 0 Å². The van der Waals surface area contributed by atoms with E-state index in [-0.39, 0.29) is 24.6 Å². The fourth-order valence-electron chi connectivity index (χ4n) is 1.71. The Morgan fingerprint density at radius 1 is 1.57 bits per heavy atom. The molecule has 1 heterocycles. The van der Waals surface area contributed by atoms with Gasteiger partial charge >= 0.3 is 11.7 Å². The maximum absolute atomic E-state index is 11.7. The maximum atomic E-state index is 11.7. The molecule has 0 aromatic carbocycles. The van der Waals surface area contributed by atoms with Gasteiger partial charge in [-0.1, -0.05) is 20.3 Å². The Bertz CT molecular complexity index is 527. The number of carbonyl (C=O) groups is 2. The zero-order chi connectivity index (χ0) is 16.0. The molecule has 0 aliphatic rings. The first-order chi connectivity index (χ1) is 9.85. The van der Waals surface area contributed by atoms with Crippen LogP contribution in [-0.2, 0) is 16.1 Å². The lowest BCUT2D eigenvalue weighted by Gasteiger charge is -2.20. The fraction of sp³-hybridized carbons (Fsp3) is 0.583. The lowest BCUT2D eigenvalue weighted by Crippen LogP contribution is -2.45. The van der Waals surface area contributed by atoms with Crippen LogP contribution in [0.2, 0.25) is 0 Å². The third-order valence-electron chi connectivity index (χ3n) is 3.19. The normalized spacial score (nSPS) is 13.4. The lowest BCUT2D eigenvalue weighted by molar-refractivity contribution is -0.385. The first kappa shape index (κ1) is 16.6. The molecule has 1 rings (SSSR count). The fourth-order valence-corrected chi connectivity index (χ4v) is 1.71. The summed E-state index contributed by atoms with van der Waals surface area (Å²) in [6, 6.07) is -0.936. The van der Waals surface area contributed by atoms with Crippen molar-refractivity contribution in [2.24, 2.45) is 5.92 Å². The number of carboxylic acids is 1. The highest BCUT2D eigenvalue weighted by Gasteiger charge is 2.25. The van der Waals surface area contributed by atoms with Crippen LogP contribution in [0.3, 0.4) is 0 Å². The zero-order valence-corrected chi connectivity index (χ0v) is 11.9. The lowest BCUT2D eigenvalue weighted by atomic mass is 9.99. The Hall–Kier alpha value is -2.45. The predicted molar refractivity (Wildman–Crippen MR) is 72.5 cm³/mol. The van der Waals surface area contributed by atoms with Gasteiger partial charge in [0.15, 0.2) is 0 Å². The van der Waals surface area contributed by atoms with Crippen molar-refractivity contribution in [3.63, 3.8) is 0 Å². The summed E-state index contributed by atoms with van der Waals surface area (Å²) in [4.78, 5) is 32.7. The number of aromatic nitrogens is 2. The summed E-state index contributed by atoms with van der Waals surface area (Å²) in [5.41, 5.74) is -0.154. The topological polar surface area (TPSA) is 127 Å². The van der Waals surface area contributed by atoms with E-state index in [4.69, 9.17) is 5.11 Å². The van der Waals surface area contributed by atoms with E-state index in [0.29, 0.717) is 6.42 Å². The van der Waals surface area contributed by atoms with Gasteiger partial charge in [0, 0.05) is 13.0 Å². The van der Waals surface area contributed by atoms with Gasteiger partial charge in [-0.15, -0.1) is 0 Å². The first-order valence-corrected chi connectivity index (χ1v) is 6.54. The summed E-state index contributed by atoms with van der Waals surface area (Å²) in [7, 11) is 0. The number of hydrogen-bond donors (Lipinski definition) is 2. The molecule has 2 unspecified atom stereocenters. The molecule has 0 radical (unpaired) electrons. The van der Waals surface area contributed by atoms with Gasteiger partial charge in [-0.3, -0.25) is 19.6 Å². The minimum atomic E-state index is -1.08. The molecule has 1 amide bonds. The minimum absolute atomic E-state index is 0.000944. The van der Waals surface area contributed by atoms with Crippen molar-refractivity contribution < 1.29 is 19.6 Å². The molecule has 116 valence electrons. The largest absolute Gasteiger partial charge is 0.480 e. The second kappa shape index (κ2) is 7.36. The summed E-state index contributed by atoms with van der Waals surface area (Å²) < 4.78 is 1.27. The quantitative estimate of drug-likeness (QED) is 0.539. The summed E-state index contributed by atoms with van der Waals surface area (Å²) in [6.07, 6.45) is 2.94. The monoisotopic (exact) mass is 298 g/mol. The molecule has 1 aromatic heterocycles. The van der Waals surface area contributed by atoms with Crippen LogP contribution < -0.4 is 5.32 Å². The Kier molecular flexibility index (Phi) is 5.82. The molecule has 2 N–H and O–H groups in total. The van der Waals surface area contributed by atoms with Gasteiger partial charge in [0.05, 0.1) is 4.92 Å². The molecule has 9 nitrogen and oxygen atoms in total. The smallest absolute Gasteiger partial charge is 0.326 e. The van der Waals surface area contributed by atoms with E-state index in [0.717, 1.165) is 6.20 Å². The van der Waals surface area contributed by atoms with E-state index in [1.807, 2.05) is 6.92 Å². The average Bonchev–Trinajstić information content (AvgIpc) is 2.90. The Morgan fingerprint density at radius 2 is 2.24 bits per heavy atom. The summed E-state index contributed by atoms with van der Waals surface area (Å²) >= 11 is 0. The van der Waals surface area contributed by atoms with E-state index in [2.05, 4.69) is 10.4 Å². The van der Waals surface area contributed by atoms with Gasteiger partial charge in [0.2, 0.25) is 5.91 Å². The van der Waals surface area contributed by atoms with Gasteiger partial charge in [-0.05, 0) is 5.92 Å². The molecule has 9 heteroatoms. The van der Waals surface area contributed by atoms with Crippen LogP contribution in [0, 0.1) is 16.0 Å². The first-order valence-electron chi connectivity index (χ1n) is 6.54. The number of aliphatic carboxylic acids is 1. The number of carboxylic acid groups (broad SMARTS) is 1. The second-order valence-electron chi connectivity index (χ2n) is 4.74. The summed E-state index contributed by atoms with van der Waals surface area (Å²) in [6.45, 7) is 3.73. The van der Waals surface area contributed by atoms with Crippen LogP contribution in [0.5, 0.6) is 0 Å². The molecular formula is C12H18N4O5. The van der Waals surface area contributed by atoms with Crippen LogP contribution in [-0.4, -0.2) is 37.7 Å².